The van der Waals surface area contributed by atoms with Crippen LogP contribution in [0.3, 0.4) is 0 Å². The molecule has 1 amide bonds. The predicted octanol–water partition coefficient (Wildman–Crippen LogP) is 1.32. The second kappa shape index (κ2) is 5.41. The molecule has 1 unspecified atom stereocenters. The highest BCUT2D eigenvalue weighted by Crippen LogP contribution is 2.31. The number of carbonyl (C=O) groups is 1. The molecule has 3 nitrogen and oxygen atoms in total. The van der Waals surface area contributed by atoms with Crippen molar-refractivity contribution in [3.8, 4) is 0 Å². The molecular weight excluding hydrogens is 222 g/mol. The Bertz CT molecular complexity index is 251. The molecule has 0 aromatic rings. The molecular formula is C12H21NO2S. The molecule has 1 heterocycles. The molecule has 2 rings (SSSR count). The minimum Gasteiger partial charge on any atom is -0.396 e. The lowest BCUT2D eigenvalue weighted by Crippen LogP contribution is -2.39. The van der Waals surface area contributed by atoms with Gasteiger partial charge in [-0.25, -0.2) is 0 Å². The highest BCUT2D eigenvalue weighted by atomic mass is 32.1. The van der Waals surface area contributed by atoms with Gasteiger partial charge in [0.2, 0.25) is 5.91 Å². The van der Waals surface area contributed by atoms with Gasteiger partial charge in [-0.15, -0.1) is 0 Å². The molecule has 0 radical (unpaired) electrons. The van der Waals surface area contributed by atoms with Crippen LogP contribution < -0.4 is 0 Å². The molecule has 4 heteroatoms. The summed E-state index contributed by atoms with van der Waals surface area (Å²) in [5, 5.41) is 9.08. The standard InChI is InChI=1S/C12H21NO2S/c14-7-9-1-3-11(4-2-9)13-6-10(8-16)5-12(13)15/h9-11,14,16H,1-8H2. The van der Waals surface area contributed by atoms with Crippen LogP contribution in [-0.4, -0.2) is 40.9 Å². The van der Waals surface area contributed by atoms with E-state index in [2.05, 4.69) is 17.5 Å². The summed E-state index contributed by atoms with van der Waals surface area (Å²) in [7, 11) is 0. The van der Waals surface area contributed by atoms with Crippen molar-refractivity contribution in [2.75, 3.05) is 18.9 Å². The quantitative estimate of drug-likeness (QED) is 0.734. The summed E-state index contributed by atoms with van der Waals surface area (Å²) in [6.45, 7) is 1.21. The van der Waals surface area contributed by atoms with Crippen molar-refractivity contribution >= 4 is 18.5 Å². The van der Waals surface area contributed by atoms with Gasteiger partial charge in [0.15, 0.2) is 0 Å². The van der Waals surface area contributed by atoms with Crippen molar-refractivity contribution in [2.24, 2.45) is 11.8 Å². The molecule has 16 heavy (non-hydrogen) atoms. The van der Waals surface area contributed by atoms with Gasteiger partial charge in [-0.05, 0) is 43.3 Å². The van der Waals surface area contributed by atoms with Crippen LogP contribution in [-0.2, 0) is 4.79 Å². The lowest BCUT2D eigenvalue weighted by molar-refractivity contribution is -0.130. The Balaban J connectivity index is 1.87. The first-order chi connectivity index (χ1) is 7.74. The molecule has 1 atom stereocenters. The Morgan fingerprint density at radius 1 is 1.25 bits per heavy atom. The molecule has 1 saturated carbocycles. The molecule has 1 aliphatic heterocycles. The van der Waals surface area contributed by atoms with Gasteiger partial charge >= 0.3 is 0 Å². The van der Waals surface area contributed by atoms with Gasteiger partial charge in [0, 0.05) is 25.6 Å². The summed E-state index contributed by atoms with van der Waals surface area (Å²) < 4.78 is 0. The van der Waals surface area contributed by atoms with Gasteiger partial charge in [-0.3, -0.25) is 4.79 Å². The van der Waals surface area contributed by atoms with Gasteiger partial charge in [-0.2, -0.15) is 12.6 Å². The maximum absolute atomic E-state index is 11.8. The molecule has 0 spiro atoms. The molecule has 0 aromatic carbocycles. The Morgan fingerprint density at radius 2 is 1.94 bits per heavy atom. The van der Waals surface area contributed by atoms with E-state index < -0.39 is 0 Å². The number of rotatable bonds is 3. The number of nitrogens with zero attached hydrogens (tertiary/aromatic N) is 1. The zero-order valence-electron chi connectivity index (χ0n) is 9.64. The van der Waals surface area contributed by atoms with E-state index in [1.807, 2.05) is 0 Å². The summed E-state index contributed by atoms with van der Waals surface area (Å²) in [5.74, 6) is 2.04. The fraction of sp³-hybridized carbons (Fsp3) is 0.917. The molecule has 2 fully saturated rings. The number of carbonyl (C=O) groups excluding carboxylic acids is 1. The average molecular weight is 243 g/mol. The maximum Gasteiger partial charge on any atom is 0.223 e. The third-order valence-electron chi connectivity index (χ3n) is 4.01. The molecule has 2 aliphatic rings. The highest BCUT2D eigenvalue weighted by molar-refractivity contribution is 7.80. The minimum atomic E-state index is 0.305. The molecule has 1 N–H and O–H groups in total. The average Bonchev–Trinajstić information content (AvgIpc) is 2.71. The largest absolute Gasteiger partial charge is 0.396 e. The summed E-state index contributed by atoms with van der Waals surface area (Å²) in [4.78, 5) is 13.9. The van der Waals surface area contributed by atoms with Crippen LogP contribution >= 0.6 is 12.6 Å². The van der Waals surface area contributed by atoms with E-state index in [0.29, 0.717) is 36.8 Å². The van der Waals surface area contributed by atoms with E-state index in [0.717, 1.165) is 38.0 Å². The van der Waals surface area contributed by atoms with Crippen LogP contribution in [0.1, 0.15) is 32.1 Å². The number of likely N-dealkylation sites (tertiary alicyclic amines) is 1. The van der Waals surface area contributed by atoms with Gasteiger partial charge in [-0.1, -0.05) is 0 Å². The van der Waals surface area contributed by atoms with Crippen LogP contribution in [0.4, 0.5) is 0 Å². The fourth-order valence-corrected chi connectivity index (χ4v) is 3.17. The third-order valence-corrected chi connectivity index (χ3v) is 4.53. The topological polar surface area (TPSA) is 40.5 Å². The summed E-state index contributed by atoms with van der Waals surface area (Å²) >= 11 is 4.28. The van der Waals surface area contributed by atoms with Gasteiger partial charge in [0.05, 0.1) is 0 Å². The second-order valence-electron chi connectivity index (χ2n) is 5.16. The summed E-state index contributed by atoms with van der Waals surface area (Å²) in [5.41, 5.74) is 0. The fourth-order valence-electron chi connectivity index (χ4n) is 2.92. The normalized spacial score (nSPS) is 35.8. The Kier molecular flexibility index (Phi) is 4.14. The molecule has 0 bridgehead atoms. The Morgan fingerprint density at radius 3 is 2.44 bits per heavy atom. The van der Waals surface area contributed by atoms with Crippen LogP contribution in [0.15, 0.2) is 0 Å². The molecule has 1 aliphatic carbocycles. The minimum absolute atomic E-state index is 0.305. The highest BCUT2D eigenvalue weighted by Gasteiger charge is 2.35. The van der Waals surface area contributed by atoms with Crippen molar-refractivity contribution in [3.05, 3.63) is 0 Å². The first-order valence-corrected chi connectivity index (χ1v) is 6.89. The van der Waals surface area contributed by atoms with E-state index in [-0.39, 0.29) is 0 Å². The van der Waals surface area contributed by atoms with Crippen LogP contribution in [0.5, 0.6) is 0 Å². The number of amides is 1. The van der Waals surface area contributed by atoms with E-state index in [1.54, 1.807) is 0 Å². The van der Waals surface area contributed by atoms with Gasteiger partial charge in [0.1, 0.15) is 0 Å². The van der Waals surface area contributed by atoms with Crippen molar-refractivity contribution in [1.82, 2.24) is 4.90 Å². The predicted molar refractivity (Wildman–Crippen MR) is 66.5 cm³/mol. The van der Waals surface area contributed by atoms with Crippen molar-refractivity contribution in [3.63, 3.8) is 0 Å². The number of hydrogen-bond donors (Lipinski definition) is 2. The smallest absolute Gasteiger partial charge is 0.223 e. The number of hydrogen-bond acceptors (Lipinski definition) is 3. The Hall–Kier alpha value is -0.220. The molecule has 1 saturated heterocycles. The van der Waals surface area contributed by atoms with E-state index in [1.165, 1.54) is 0 Å². The monoisotopic (exact) mass is 243 g/mol. The van der Waals surface area contributed by atoms with E-state index in [4.69, 9.17) is 5.11 Å². The van der Waals surface area contributed by atoms with Gasteiger partial charge in [0.25, 0.3) is 0 Å². The summed E-state index contributed by atoms with van der Waals surface area (Å²) in [6.07, 6.45) is 4.95. The zero-order valence-corrected chi connectivity index (χ0v) is 10.5. The van der Waals surface area contributed by atoms with Crippen molar-refractivity contribution in [1.29, 1.82) is 0 Å². The van der Waals surface area contributed by atoms with E-state index in [9.17, 15) is 4.79 Å². The molecule has 0 aromatic heterocycles. The number of aliphatic hydroxyl groups is 1. The van der Waals surface area contributed by atoms with E-state index >= 15 is 0 Å². The van der Waals surface area contributed by atoms with Crippen LogP contribution in [0.25, 0.3) is 0 Å². The summed E-state index contributed by atoms with van der Waals surface area (Å²) in [6, 6.07) is 0.431. The lowest BCUT2D eigenvalue weighted by atomic mass is 9.86. The van der Waals surface area contributed by atoms with Crippen LogP contribution in [0.2, 0.25) is 0 Å². The van der Waals surface area contributed by atoms with Crippen molar-refractivity contribution < 1.29 is 9.90 Å². The number of thiol groups is 1. The number of aliphatic hydroxyl groups excluding tert-OH is 1. The first kappa shape index (κ1) is 12.2. The Labute approximate surface area is 103 Å². The third kappa shape index (κ3) is 2.54. The van der Waals surface area contributed by atoms with Crippen LogP contribution in [0, 0.1) is 11.8 Å². The van der Waals surface area contributed by atoms with Gasteiger partial charge < -0.3 is 10.0 Å². The zero-order chi connectivity index (χ0) is 11.5. The molecule has 92 valence electrons. The lowest BCUT2D eigenvalue weighted by Gasteiger charge is -2.34. The maximum atomic E-state index is 11.8. The van der Waals surface area contributed by atoms with Crippen molar-refractivity contribution in [2.45, 2.75) is 38.1 Å². The second-order valence-corrected chi connectivity index (χ2v) is 5.52. The SMILES string of the molecule is O=C1CC(CS)CN1C1CCC(CO)CC1. The first-order valence-electron chi connectivity index (χ1n) is 6.25.